The highest BCUT2D eigenvalue weighted by Gasteiger charge is 2.48. The van der Waals surface area contributed by atoms with Crippen LogP contribution in [-0.2, 0) is 20.7 Å². The molecule has 4 N–H and O–H groups in total. The van der Waals surface area contributed by atoms with E-state index in [2.05, 4.69) is 79.8 Å². The first kappa shape index (κ1) is 27.6. The number of halogens is 2. The van der Waals surface area contributed by atoms with Crippen molar-refractivity contribution in [1.29, 1.82) is 0 Å². The summed E-state index contributed by atoms with van der Waals surface area (Å²) in [5.41, 5.74) is 4.24. The lowest BCUT2D eigenvalue weighted by atomic mass is 9.93. The largest absolute Gasteiger partial charge is 0.367 e. The minimum absolute atomic E-state index is 0.123. The van der Waals surface area contributed by atoms with E-state index in [9.17, 15) is 0 Å². The Kier molecular flexibility index (Phi) is 7.52. The van der Waals surface area contributed by atoms with Crippen molar-refractivity contribution < 1.29 is 9.47 Å². The van der Waals surface area contributed by atoms with Crippen LogP contribution in [0.15, 0.2) is 85.2 Å². The maximum absolute atomic E-state index is 5.99. The van der Waals surface area contributed by atoms with Gasteiger partial charge in [0, 0.05) is 48.9 Å². The van der Waals surface area contributed by atoms with Crippen LogP contribution in [-0.4, -0.2) is 48.4 Å². The smallest absolute Gasteiger partial charge is 0.130 e. The maximum Gasteiger partial charge on any atom is 0.130 e. The van der Waals surface area contributed by atoms with Gasteiger partial charge in [-0.2, -0.15) is 0 Å². The number of fused-ring (bicyclic) bond motifs is 4. The summed E-state index contributed by atoms with van der Waals surface area (Å²) in [4.78, 5) is 8.46. The summed E-state index contributed by atoms with van der Waals surface area (Å²) in [6, 6.07) is 25.2. The molecule has 0 aliphatic carbocycles. The number of benzene rings is 2. The van der Waals surface area contributed by atoms with Gasteiger partial charge < -0.3 is 30.7 Å². The zero-order valence-electron chi connectivity index (χ0n) is 22.9. The predicted octanol–water partition coefficient (Wildman–Crippen LogP) is 6.13. The topological polar surface area (TPSA) is 92.4 Å². The zero-order chi connectivity index (χ0) is 28.6. The molecule has 2 aromatic carbocycles. The third-order valence-corrected chi connectivity index (χ3v) is 8.90. The second-order valence-corrected chi connectivity index (χ2v) is 12.2. The second kappa shape index (κ2) is 11.4. The van der Waals surface area contributed by atoms with Gasteiger partial charge in [0.05, 0.1) is 23.3 Å². The molecule has 6 heterocycles. The Bertz CT molecular complexity index is 1380. The third-order valence-electron chi connectivity index (χ3n) is 8.45. The molecule has 216 valence electrons. The molecule has 4 fully saturated rings. The summed E-state index contributed by atoms with van der Waals surface area (Å²) in [7, 11) is 0. The lowest BCUT2D eigenvalue weighted by Crippen LogP contribution is -2.37. The van der Waals surface area contributed by atoms with E-state index in [1.807, 2.05) is 24.3 Å². The molecule has 4 aliphatic rings. The number of nitrogens with one attached hydrogen (secondary N) is 4. The number of nitrogens with zero attached hydrogens (tertiary/aromatic N) is 2. The first-order valence-electron chi connectivity index (χ1n) is 14.2. The Labute approximate surface area is 255 Å². The van der Waals surface area contributed by atoms with Gasteiger partial charge in [-0.15, -0.1) is 0 Å². The number of morpholine rings is 2. The first-order valence-corrected chi connectivity index (χ1v) is 15.0. The van der Waals surface area contributed by atoms with Crippen LogP contribution in [0.3, 0.4) is 0 Å². The fraction of sp³-hybridized carbons (Fsp3) is 0.312. The van der Waals surface area contributed by atoms with E-state index in [0.29, 0.717) is 22.1 Å². The maximum atomic E-state index is 5.99. The van der Waals surface area contributed by atoms with Crippen molar-refractivity contribution in [2.45, 2.75) is 36.1 Å². The van der Waals surface area contributed by atoms with Gasteiger partial charge in [-0.3, -0.25) is 0 Å². The molecular formula is C32H32Cl2N6O2. The van der Waals surface area contributed by atoms with E-state index in [1.165, 1.54) is 11.1 Å². The Balaban J connectivity index is 0.000000137. The van der Waals surface area contributed by atoms with Crippen LogP contribution >= 0.6 is 23.2 Å². The number of aromatic nitrogens is 2. The minimum atomic E-state index is -0.123. The molecule has 0 spiro atoms. The normalized spacial score (nSPS) is 27.0. The van der Waals surface area contributed by atoms with Gasteiger partial charge in [-0.25, -0.2) is 9.97 Å². The van der Waals surface area contributed by atoms with E-state index in [4.69, 9.17) is 32.7 Å². The lowest BCUT2D eigenvalue weighted by molar-refractivity contribution is -0.00970. The van der Waals surface area contributed by atoms with Crippen molar-refractivity contribution in [1.82, 2.24) is 20.6 Å². The van der Waals surface area contributed by atoms with Crippen LogP contribution in [0, 0.1) is 0 Å². The number of ether oxygens (including phenoxy) is 2. The van der Waals surface area contributed by atoms with Crippen molar-refractivity contribution in [3.63, 3.8) is 0 Å². The summed E-state index contributed by atoms with van der Waals surface area (Å²) in [5.74, 6) is 1.56. The fourth-order valence-corrected chi connectivity index (χ4v) is 6.42. The molecule has 4 atom stereocenters. The van der Waals surface area contributed by atoms with E-state index in [0.717, 1.165) is 62.2 Å². The van der Waals surface area contributed by atoms with Crippen molar-refractivity contribution in [2.75, 3.05) is 36.9 Å². The summed E-state index contributed by atoms with van der Waals surface area (Å²) in [6.45, 7) is 3.44. The van der Waals surface area contributed by atoms with E-state index < -0.39 is 0 Å². The van der Waals surface area contributed by atoms with Gasteiger partial charge in [0.1, 0.15) is 22.8 Å². The van der Waals surface area contributed by atoms with E-state index >= 15 is 0 Å². The van der Waals surface area contributed by atoms with Crippen molar-refractivity contribution in [3.05, 3.63) is 106 Å². The summed E-state index contributed by atoms with van der Waals surface area (Å²) >= 11 is 11.7. The molecule has 4 bridgehead atoms. The molecule has 0 unspecified atom stereocenters. The third kappa shape index (κ3) is 5.71. The van der Waals surface area contributed by atoms with Gasteiger partial charge in [0.15, 0.2) is 0 Å². The second-order valence-electron chi connectivity index (χ2n) is 11.3. The van der Waals surface area contributed by atoms with Gasteiger partial charge in [-0.05, 0) is 72.5 Å². The Morgan fingerprint density at radius 1 is 0.619 bits per heavy atom. The van der Waals surface area contributed by atoms with Crippen molar-refractivity contribution in [2.24, 2.45) is 0 Å². The summed E-state index contributed by atoms with van der Waals surface area (Å²) < 4.78 is 12.0. The molecular weight excluding hydrogens is 571 g/mol. The number of hydrogen-bond acceptors (Lipinski definition) is 8. The zero-order valence-corrected chi connectivity index (χ0v) is 24.5. The highest BCUT2D eigenvalue weighted by molar-refractivity contribution is 6.30. The number of rotatable bonds is 6. The van der Waals surface area contributed by atoms with Crippen molar-refractivity contribution in [3.8, 4) is 0 Å². The predicted molar refractivity (Wildman–Crippen MR) is 166 cm³/mol. The Hall–Kier alpha value is -3.24. The highest BCUT2D eigenvalue weighted by atomic mass is 35.5. The van der Waals surface area contributed by atoms with Crippen LogP contribution in [0.1, 0.15) is 24.0 Å². The van der Waals surface area contributed by atoms with E-state index in [1.54, 1.807) is 12.4 Å². The van der Waals surface area contributed by atoms with Crippen LogP contribution in [0.25, 0.3) is 0 Å². The average molecular weight is 604 g/mol. The van der Waals surface area contributed by atoms with Crippen LogP contribution in [0.4, 0.5) is 23.0 Å². The molecule has 8 rings (SSSR count). The van der Waals surface area contributed by atoms with Crippen LogP contribution in [0.5, 0.6) is 0 Å². The summed E-state index contributed by atoms with van der Waals surface area (Å²) in [5, 5.41) is 14.8. The molecule has 0 radical (unpaired) electrons. The van der Waals surface area contributed by atoms with E-state index in [-0.39, 0.29) is 11.2 Å². The van der Waals surface area contributed by atoms with Gasteiger partial charge in [-0.1, -0.05) is 47.5 Å². The van der Waals surface area contributed by atoms with Gasteiger partial charge >= 0.3 is 0 Å². The monoisotopic (exact) mass is 602 g/mol. The van der Waals surface area contributed by atoms with Crippen LogP contribution < -0.4 is 21.3 Å². The average Bonchev–Trinajstić information content (AvgIpc) is 3.84. The number of pyridine rings is 2. The number of hydrogen-bond donors (Lipinski definition) is 4. The van der Waals surface area contributed by atoms with Gasteiger partial charge in [0.25, 0.3) is 0 Å². The Morgan fingerprint density at radius 3 is 1.33 bits per heavy atom. The molecule has 10 heteroatoms. The molecule has 42 heavy (non-hydrogen) atoms. The molecule has 0 amide bonds. The quantitative estimate of drug-likeness (QED) is 0.209. The highest BCUT2D eigenvalue weighted by Crippen LogP contribution is 2.41. The number of anilines is 4. The molecule has 4 aromatic rings. The van der Waals surface area contributed by atoms with Gasteiger partial charge in [0.2, 0.25) is 0 Å². The standard InChI is InChI=1S/2C16H16ClN3O/c2*17-12-3-6-15(18-8-12)20-13-4-1-11(2-5-13)16-7-14(9-21-16)19-10-16/h2*1-6,8,14,19H,7,9-10H2,(H,18,20)/t2*14-,16-/m10/s1. The SMILES string of the molecule is Clc1ccc(Nc2ccc([C@@]34CN[C@@H](CO3)C4)cc2)nc1.Clc1ccc(Nc2ccc([C@]34CN[C@H](CO3)C4)cc2)nc1. The molecule has 4 saturated heterocycles. The first-order chi connectivity index (χ1) is 20.5. The molecule has 2 aromatic heterocycles. The fourth-order valence-electron chi connectivity index (χ4n) is 6.20. The van der Waals surface area contributed by atoms with Crippen molar-refractivity contribution >= 4 is 46.2 Å². The summed E-state index contributed by atoms with van der Waals surface area (Å²) in [6.07, 6.45) is 5.40. The molecule has 0 saturated carbocycles. The molecule has 4 aliphatic heterocycles. The molecule has 8 nitrogen and oxygen atoms in total. The Morgan fingerprint density at radius 2 is 1.05 bits per heavy atom. The minimum Gasteiger partial charge on any atom is -0.367 e. The lowest BCUT2D eigenvalue weighted by Gasteiger charge is -2.27. The van der Waals surface area contributed by atoms with Crippen LogP contribution in [0.2, 0.25) is 10.0 Å².